The number of carbonyl (C=O) groups excluding carboxylic acids is 2. The van der Waals surface area contributed by atoms with Gasteiger partial charge < -0.3 is 24.3 Å². The van der Waals surface area contributed by atoms with Gasteiger partial charge in [-0.3, -0.25) is 0 Å². The van der Waals surface area contributed by atoms with E-state index in [0.717, 1.165) is 35.8 Å². The fourth-order valence-corrected chi connectivity index (χ4v) is 3.18. The van der Waals surface area contributed by atoms with Gasteiger partial charge in [0.2, 0.25) is 0 Å². The summed E-state index contributed by atoms with van der Waals surface area (Å²) < 4.78 is 21.3. The van der Waals surface area contributed by atoms with Crippen molar-refractivity contribution in [3.8, 4) is 11.5 Å². The number of alkyl carbamates (subject to hydrolysis) is 1. The highest BCUT2D eigenvalue weighted by atomic mass is 16.6. The lowest BCUT2D eigenvalue weighted by Gasteiger charge is -2.26. The molecule has 2 aromatic rings. The first-order valence-electron chi connectivity index (χ1n) is 11.5. The minimum absolute atomic E-state index is 0.171. The van der Waals surface area contributed by atoms with Crippen molar-refractivity contribution in [2.24, 2.45) is 0 Å². The molecule has 0 aromatic heterocycles. The van der Waals surface area contributed by atoms with Gasteiger partial charge in [0.25, 0.3) is 0 Å². The maximum absolute atomic E-state index is 11.5. The summed E-state index contributed by atoms with van der Waals surface area (Å²) >= 11 is 0. The standard InChI is InChI=1S/C27H35NO6/c1-5-7-16-28-26(30)34-20-18-32-24-14-10-22(11-15-24)27(3,4)21-8-12-23(13-9-21)31-17-19-33-25(29)6-2/h6,8-15H,2,5,7,16-20H2,1,3-4H3,(H,28,30). The first-order chi connectivity index (χ1) is 16.4. The average Bonchev–Trinajstić information content (AvgIpc) is 2.85. The second kappa shape index (κ2) is 13.9. The molecule has 0 heterocycles. The fourth-order valence-electron chi connectivity index (χ4n) is 3.18. The molecule has 7 nitrogen and oxygen atoms in total. The predicted molar refractivity (Wildman–Crippen MR) is 131 cm³/mol. The van der Waals surface area contributed by atoms with Gasteiger partial charge in [0.05, 0.1) is 0 Å². The van der Waals surface area contributed by atoms with Crippen LogP contribution in [0.2, 0.25) is 0 Å². The van der Waals surface area contributed by atoms with Gasteiger partial charge >= 0.3 is 12.1 Å². The molecule has 2 aromatic carbocycles. The quantitative estimate of drug-likeness (QED) is 0.237. The number of carbonyl (C=O) groups is 2. The smallest absolute Gasteiger partial charge is 0.407 e. The van der Waals surface area contributed by atoms with Crippen molar-refractivity contribution >= 4 is 12.1 Å². The SMILES string of the molecule is C=CC(=O)OCCOc1ccc(C(C)(C)c2ccc(OCCOC(=O)NCCCC)cc2)cc1. The fraction of sp³-hybridized carbons (Fsp3) is 0.407. The monoisotopic (exact) mass is 469 g/mol. The van der Waals surface area contributed by atoms with Gasteiger partial charge in [-0.2, -0.15) is 0 Å². The van der Waals surface area contributed by atoms with E-state index in [0.29, 0.717) is 12.3 Å². The summed E-state index contributed by atoms with van der Waals surface area (Å²) in [6.07, 6.45) is 2.66. The molecule has 0 saturated carbocycles. The van der Waals surface area contributed by atoms with Crippen LogP contribution in [0.1, 0.15) is 44.7 Å². The molecule has 7 heteroatoms. The van der Waals surface area contributed by atoms with Crippen LogP contribution in [-0.4, -0.2) is 45.0 Å². The van der Waals surface area contributed by atoms with Crippen LogP contribution in [0.3, 0.4) is 0 Å². The number of nitrogens with one attached hydrogen (secondary N) is 1. The lowest BCUT2D eigenvalue weighted by Crippen LogP contribution is -2.26. The summed E-state index contributed by atoms with van der Waals surface area (Å²) in [5.74, 6) is 0.963. The summed E-state index contributed by atoms with van der Waals surface area (Å²) in [6.45, 7) is 11.3. The predicted octanol–water partition coefficient (Wildman–Crippen LogP) is 5.03. The van der Waals surface area contributed by atoms with Crippen LogP contribution in [0.5, 0.6) is 11.5 Å². The molecule has 0 saturated heterocycles. The Morgan fingerprint density at radius 1 is 0.853 bits per heavy atom. The Morgan fingerprint density at radius 3 is 1.82 bits per heavy atom. The van der Waals surface area contributed by atoms with Gasteiger partial charge in [-0.05, 0) is 41.8 Å². The second-order valence-electron chi connectivity index (χ2n) is 8.16. The van der Waals surface area contributed by atoms with Crippen LogP contribution in [0.15, 0.2) is 61.2 Å². The van der Waals surface area contributed by atoms with Crippen molar-refractivity contribution in [1.29, 1.82) is 0 Å². The lowest BCUT2D eigenvalue weighted by atomic mass is 9.78. The Kier molecular flexibility index (Phi) is 11.0. The van der Waals surface area contributed by atoms with E-state index in [1.54, 1.807) is 0 Å². The zero-order valence-electron chi connectivity index (χ0n) is 20.3. The number of unbranched alkanes of at least 4 members (excludes halogenated alkanes) is 1. The first kappa shape index (κ1) is 26.8. The molecule has 0 atom stereocenters. The molecule has 0 unspecified atom stereocenters. The van der Waals surface area contributed by atoms with Gasteiger partial charge in [-0.25, -0.2) is 9.59 Å². The normalized spacial score (nSPS) is 10.8. The maximum Gasteiger partial charge on any atom is 0.407 e. The van der Waals surface area contributed by atoms with Crippen LogP contribution < -0.4 is 14.8 Å². The molecule has 34 heavy (non-hydrogen) atoms. The molecule has 0 spiro atoms. The van der Waals surface area contributed by atoms with Crippen molar-refractivity contribution in [1.82, 2.24) is 5.32 Å². The average molecular weight is 470 g/mol. The van der Waals surface area contributed by atoms with E-state index in [1.807, 2.05) is 48.5 Å². The molecule has 2 rings (SSSR count). The zero-order chi connectivity index (χ0) is 24.8. The Bertz CT molecular complexity index is 906. The highest BCUT2D eigenvalue weighted by Crippen LogP contribution is 2.33. The number of rotatable bonds is 14. The van der Waals surface area contributed by atoms with Crippen molar-refractivity contribution in [2.75, 3.05) is 33.0 Å². The van der Waals surface area contributed by atoms with Crippen LogP contribution in [0, 0.1) is 0 Å². The van der Waals surface area contributed by atoms with Crippen molar-refractivity contribution in [3.63, 3.8) is 0 Å². The molecule has 0 aliphatic heterocycles. The molecule has 1 amide bonds. The molecule has 0 fully saturated rings. The number of amides is 1. The number of benzene rings is 2. The largest absolute Gasteiger partial charge is 0.490 e. The van der Waals surface area contributed by atoms with Crippen molar-refractivity contribution in [3.05, 3.63) is 72.3 Å². The molecule has 0 aliphatic rings. The van der Waals surface area contributed by atoms with E-state index in [1.165, 1.54) is 0 Å². The topological polar surface area (TPSA) is 83.1 Å². The van der Waals surface area contributed by atoms with E-state index in [-0.39, 0.29) is 31.8 Å². The van der Waals surface area contributed by atoms with Crippen LogP contribution in [0.25, 0.3) is 0 Å². The van der Waals surface area contributed by atoms with E-state index < -0.39 is 12.1 Å². The van der Waals surface area contributed by atoms with Crippen molar-refractivity contribution < 1.29 is 28.5 Å². The molecule has 1 N–H and O–H groups in total. The van der Waals surface area contributed by atoms with Gasteiger partial charge in [0.15, 0.2) is 0 Å². The van der Waals surface area contributed by atoms with Crippen LogP contribution >= 0.6 is 0 Å². The number of esters is 1. The Morgan fingerprint density at radius 2 is 1.35 bits per heavy atom. The zero-order valence-corrected chi connectivity index (χ0v) is 20.3. The second-order valence-corrected chi connectivity index (χ2v) is 8.16. The van der Waals surface area contributed by atoms with E-state index in [9.17, 15) is 9.59 Å². The number of hydrogen-bond donors (Lipinski definition) is 1. The summed E-state index contributed by atoms with van der Waals surface area (Å²) in [5, 5.41) is 2.70. The Balaban J connectivity index is 1.81. The summed E-state index contributed by atoms with van der Waals surface area (Å²) in [7, 11) is 0. The summed E-state index contributed by atoms with van der Waals surface area (Å²) in [6, 6.07) is 15.8. The minimum atomic E-state index is -0.462. The maximum atomic E-state index is 11.5. The van der Waals surface area contributed by atoms with Gasteiger partial charge in [-0.1, -0.05) is 58.0 Å². The third kappa shape index (κ3) is 8.81. The summed E-state index contributed by atoms with van der Waals surface area (Å²) in [5.41, 5.74) is 2.04. The van der Waals surface area contributed by atoms with Crippen molar-refractivity contribution in [2.45, 2.75) is 39.0 Å². The van der Waals surface area contributed by atoms with Gasteiger partial charge in [-0.15, -0.1) is 0 Å². The first-order valence-corrected chi connectivity index (χ1v) is 11.5. The molecule has 0 bridgehead atoms. The number of hydrogen-bond acceptors (Lipinski definition) is 6. The molecule has 184 valence electrons. The third-order valence-corrected chi connectivity index (χ3v) is 5.30. The number of ether oxygens (including phenoxy) is 4. The van der Waals surface area contributed by atoms with Gasteiger partial charge in [0, 0.05) is 18.0 Å². The summed E-state index contributed by atoms with van der Waals surface area (Å²) in [4.78, 5) is 22.6. The van der Waals surface area contributed by atoms with E-state index >= 15 is 0 Å². The highest BCUT2D eigenvalue weighted by molar-refractivity contribution is 5.81. The Labute approximate surface area is 202 Å². The Hall–Kier alpha value is -3.48. The van der Waals surface area contributed by atoms with Crippen LogP contribution in [0.4, 0.5) is 4.79 Å². The van der Waals surface area contributed by atoms with Crippen LogP contribution in [-0.2, 0) is 19.7 Å². The van der Waals surface area contributed by atoms with E-state index in [2.05, 4.69) is 32.7 Å². The molecular weight excluding hydrogens is 434 g/mol. The molecule has 0 radical (unpaired) electrons. The highest BCUT2D eigenvalue weighted by Gasteiger charge is 2.23. The molecular formula is C27H35NO6. The van der Waals surface area contributed by atoms with Gasteiger partial charge in [0.1, 0.15) is 37.9 Å². The minimum Gasteiger partial charge on any atom is -0.490 e. The molecule has 0 aliphatic carbocycles. The van der Waals surface area contributed by atoms with E-state index in [4.69, 9.17) is 18.9 Å². The third-order valence-electron chi connectivity index (χ3n) is 5.30. The lowest BCUT2D eigenvalue weighted by molar-refractivity contribution is -0.138.